The second-order valence-corrected chi connectivity index (χ2v) is 4.16. The Morgan fingerprint density at radius 1 is 1.08 bits per heavy atom. The van der Waals surface area contributed by atoms with Crippen LogP contribution in [0.2, 0.25) is 0 Å². The lowest BCUT2D eigenvalue weighted by Gasteiger charge is -2.43. The van der Waals surface area contributed by atoms with E-state index < -0.39 is 0 Å². The lowest BCUT2D eigenvalue weighted by molar-refractivity contribution is 0.119. The van der Waals surface area contributed by atoms with Gasteiger partial charge in [-0.05, 0) is 56.3 Å². The molecule has 0 radical (unpaired) electrons. The minimum absolute atomic E-state index is 0.334. The molecular formula is C12H14. The van der Waals surface area contributed by atoms with Crippen molar-refractivity contribution in [2.75, 3.05) is 0 Å². The summed E-state index contributed by atoms with van der Waals surface area (Å²) in [5.41, 5.74) is 0.334. The molecule has 3 rings (SSSR count). The molecule has 0 heteroatoms. The molecule has 0 spiro atoms. The van der Waals surface area contributed by atoms with Crippen LogP contribution in [0.25, 0.3) is 0 Å². The lowest BCUT2D eigenvalue weighted by Crippen LogP contribution is -2.32. The van der Waals surface area contributed by atoms with Crippen LogP contribution in [0.15, 0.2) is 0 Å². The number of rotatable bonds is 0. The first-order valence-electron chi connectivity index (χ1n) is 4.82. The van der Waals surface area contributed by atoms with Crippen molar-refractivity contribution < 1.29 is 0 Å². The van der Waals surface area contributed by atoms with E-state index in [1.54, 1.807) is 0 Å². The van der Waals surface area contributed by atoms with E-state index >= 15 is 0 Å². The largest absolute Gasteiger partial charge is 0.106 e. The molecular weight excluding hydrogens is 144 g/mol. The minimum Gasteiger partial charge on any atom is -0.106 e. The van der Waals surface area contributed by atoms with Gasteiger partial charge >= 0.3 is 0 Å². The van der Waals surface area contributed by atoms with Gasteiger partial charge in [0.15, 0.2) is 0 Å². The Morgan fingerprint density at radius 3 is 2.17 bits per heavy atom. The van der Waals surface area contributed by atoms with E-state index in [0.29, 0.717) is 5.41 Å². The van der Waals surface area contributed by atoms with Crippen LogP contribution in [0.4, 0.5) is 0 Å². The van der Waals surface area contributed by atoms with Crippen LogP contribution in [-0.2, 0) is 0 Å². The smallest absolute Gasteiger partial charge is 0.0325 e. The van der Waals surface area contributed by atoms with Gasteiger partial charge in [0.25, 0.3) is 0 Å². The standard InChI is InChI=1S/C12H14/c1-2-3-7-12-8-4-11(5-9-12)6-10-12/h1,11H,4-6,8-10H2. The van der Waals surface area contributed by atoms with Crippen molar-refractivity contribution in [1.29, 1.82) is 0 Å². The molecule has 0 aromatic carbocycles. The predicted molar refractivity (Wildman–Crippen MR) is 50.2 cm³/mol. The van der Waals surface area contributed by atoms with E-state index in [9.17, 15) is 0 Å². The van der Waals surface area contributed by atoms with Gasteiger partial charge in [0.2, 0.25) is 0 Å². The third kappa shape index (κ3) is 1.23. The fourth-order valence-corrected chi connectivity index (χ4v) is 2.61. The summed E-state index contributed by atoms with van der Waals surface area (Å²) in [6, 6.07) is 0. The van der Waals surface area contributed by atoms with Crippen LogP contribution in [0.5, 0.6) is 0 Å². The summed E-state index contributed by atoms with van der Waals surface area (Å²) in [4.78, 5) is 0. The molecule has 12 heavy (non-hydrogen) atoms. The molecule has 0 nitrogen and oxygen atoms in total. The summed E-state index contributed by atoms with van der Waals surface area (Å²) in [6.45, 7) is 0. The molecule has 3 aliphatic rings. The maximum absolute atomic E-state index is 5.15. The Morgan fingerprint density at radius 2 is 1.67 bits per heavy atom. The van der Waals surface area contributed by atoms with E-state index in [-0.39, 0.29) is 0 Å². The van der Waals surface area contributed by atoms with Gasteiger partial charge in [-0.3, -0.25) is 0 Å². The van der Waals surface area contributed by atoms with Gasteiger partial charge in [-0.2, -0.15) is 0 Å². The number of fused-ring (bicyclic) bond motifs is 3. The molecule has 0 atom stereocenters. The zero-order valence-corrected chi connectivity index (χ0v) is 7.40. The molecule has 0 aromatic rings. The highest BCUT2D eigenvalue weighted by Gasteiger charge is 2.38. The van der Waals surface area contributed by atoms with Gasteiger partial charge in [0.1, 0.15) is 0 Å². The first kappa shape index (κ1) is 7.75. The third-order valence-electron chi connectivity index (χ3n) is 3.49. The molecule has 0 N–H and O–H groups in total. The molecule has 0 aliphatic heterocycles. The zero-order valence-electron chi connectivity index (χ0n) is 7.40. The van der Waals surface area contributed by atoms with Gasteiger partial charge in [-0.1, -0.05) is 5.92 Å². The predicted octanol–water partition coefficient (Wildman–Crippen LogP) is 2.59. The Kier molecular flexibility index (Phi) is 1.86. The van der Waals surface area contributed by atoms with Crippen LogP contribution in [0.1, 0.15) is 38.5 Å². The van der Waals surface area contributed by atoms with Crippen LogP contribution < -0.4 is 0 Å². The molecule has 0 saturated heterocycles. The second kappa shape index (κ2) is 2.87. The summed E-state index contributed by atoms with van der Waals surface area (Å²) in [5.74, 6) is 9.54. The fraction of sp³-hybridized carbons (Fsp3) is 0.667. The Bertz CT molecular complexity index is 247. The molecule has 0 amide bonds. The van der Waals surface area contributed by atoms with Gasteiger partial charge < -0.3 is 0 Å². The van der Waals surface area contributed by atoms with Gasteiger partial charge in [-0.25, -0.2) is 0 Å². The average molecular weight is 158 g/mol. The van der Waals surface area contributed by atoms with Crippen molar-refractivity contribution in [1.82, 2.24) is 0 Å². The van der Waals surface area contributed by atoms with Crippen LogP contribution in [-0.4, -0.2) is 0 Å². The second-order valence-electron chi connectivity index (χ2n) is 4.16. The van der Waals surface area contributed by atoms with Crippen molar-refractivity contribution >= 4 is 0 Å². The molecule has 0 unspecified atom stereocenters. The zero-order chi connectivity index (χ0) is 8.44. The average Bonchev–Trinajstić information content (AvgIpc) is 2.18. The monoisotopic (exact) mass is 158 g/mol. The first-order valence-corrected chi connectivity index (χ1v) is 4.82. The van der Waals surface area contributed by atoms with Crippen molar-refractivity contribution in [3.8, 4) is 24.2 Å². The summed E-state index contributed by atoms with van der Waals surface area (Å²) >= 11 is 0. The van der Waals surface area contributed by atoms with Crippen molar-refractivity contribution in [2.45, 2.75) is 38.5 Å². The molecule has 3 aliphatic carbocycles. The normalized spacial score (nSPS) is 38.1. The topological polar surface area (TPSA) is 0 Å². The maximum atomic E-state index is 5.15. The van der Waals surface area contributed by atoms with E-state index in [1.165, 1.54) is 38.5 Å². The molecule has 0 aromatic heterocycles. The lowest BCUT2D eigenvalue weighted by atomic mass is 9.61. The summed E-state index contributed by atoms with van der Waals surface area (Å²) in [5, 5.41) is 0. The van der Waals surface area contributed by atoms with E-state index in [0.717, 1.165) is 5.92 Å². The van der Waals surface area contributed by atoms with Crippen molar-refractivity contribution in [3.63, 3.8) is 0 Å². The molecule has 2 bridgehead atoms. The van der Waals surface area contributed by atoms with E-state index in [2.05, 4.69) is 17.8 Å². The van der Waals surface area contributed by atoms with Gasteiger partial charge in [-0.15, -0.1) is 6.42 Å². The van der Waals surface area contributed by atoms with Gasteiger partial charge in [0.05, 0.1) is 0 Å². The van der Waals surface area contributed by atoms with Crippen molar-refractivity contribution in [3.05, 3.63) is 0 Å². The number of hydrogen-bond donors (Lipinski definition) is 0. The quantitative estimate of drug-likeness (QED) is 0.475. The third-order valence-corrected chi connectivity index (χ3v) is 3.49. The van der Waals surface area contributed by atoms with Crippen LogP contribution >= 0.6 is 0 Å². The highest BCUT2D eigenvalue weighted by atomic mass is 14.4. The van der Waals surface area contributed by atoms with E-state index in [1.807, 2.05) is 0 Å². The molecule has 0 heterocycles. The maximum Gasteiger partial charge on any atom is 0.0325 e. The van der Waals surface area contributed by atoms with Crippen LogP contribution in [0, 0.1) is 35.5 Å². The highest BCUT2D eigenvalue weighted by Crippen LogP contribution is 2.49. The molecule has 3 fully saturated rings. The SMILES string of the molecule is C#CC#CC12CCC(CC1)CC2. The van der Waals surface area contributed by atoms with Crippen molar-refractivity contribution in [2.24, 2.45) is 11.3 Å². The Labute approximate surface area is 74.7 Å². The van der Waals surface area contributed by atoms with E-state index in [4.69, 9.17) is 6.42 Å². The number of terminal acetylenes is 1. The Hall–Kier alpha value is -0.880. The molecule has 62 valence electrons. The summed E-state index contributed by atoms with van der Waals surface area (Å²) in [6.07, 6.45) is 13.2. The Balaban J connectivity index is 2.15. The summed E-state index contributed by atoms with van der Waals surface area (Å²) < 4.78 is 0. The number of hydrogen-bond acceptors (Lipinski definition) is 0. The fourth-order valence-electron chi connectivity index (χ4n) is 2.61. The van der Waals surface area contributed by atoms with Gasteiger partial charge in [0, 0.05) is 5.41 Å². The highest BCUT2D eigenvalue weighted by molar-refractivity contribution is 5.27. The summed E-state index contributed by atoms with van der Waals surface area (Å²) in [7, 11) is 0. The minimum atomic E-state index is 0.334. The molecule has 3 saturated carbocycles. The first-order chi connectivity index (χ1) is 5.85. The van der Waals surface area contributed by atoms with Crippen LogP contribution in [0.3, 0.4) is 0 Å².